The minimum atomic E-state index is -0.112. The molecular weight excluding hydrogens is 340 g/mol. The Morgan fingerprint density at radius 2 is 2.04 bits per heavy atom. The number of rotatable bonds is 2. The predicted octanol–water partition coefficient (Wildman–Crippen LogP) is 2.75. The molecule has 1 amide bonds. The summed E-state index contributed by atoms with van der Waals surface area (Å²) in [6, 6.07) is 16.0. The molecule has 0 aliphatic carbocycles. The van der Waals surface area contributed by atoms with E-state index in [-0.39, 0.29) is 17.5 Å². The zero-order valence-corrected chi connectivity index (χ0v) is 14.7. The van der Waals surface area contributed by atoms with Gasteiger partial charge in [0, 0.05) is 18.7 Å². The molecule has 2 heterocycles. The van der Waals surface area contributed by atoms with E-state index >= 15 is 0 Å². The van der Waals surface area contributed by atoms with E-state index in [1.54, 1.807) is 46.1 Å². The molecule has 1 fully saturated rings. The summed E-state index contributed by atoms with van der Waals surface area (Å²) < 4.78 is 1.65. The molecule has 6 nitrogen and oxygen atoms in total. The van der Waals surface area contributed by atoms with Gasteiger partial charge in [-0.2, -0.15) is 5.26 Å². The maximum absolute atomic E-state index is 12.9. The Hall–Kier alpha value is -3.46. The molecule has 0 radical (unpaired) electrons. The number of hydrogen-bond acceptors (Lipinski definition) is 4. The van der Waals surface area contributed by atoms with E-state index in [9.17, 15) is 9.59 Å². The second-order valence-corrected chi connectivity index (χ2v) is 6.71. The zero-order valence-electron chi connectivity index (χ0n) is 14.7. The van der Waals surface area contributed by atoms with E-state index in [1.807, 2.05) is 18.2 Å². The second kappa shape index (κ2) is 7.04. The van der Waals surface area contributed by atoms with E-state index in [0.29, 0.717) is 35.1 Å². The highest BCUT2D eigenvalue weighted by Crippen LogP contribution is 2.22. The molecule has 1 unspecified atom stereocenters. The number of likely N-dealkylation sites (tertiary alicyclic amines) is 1. The topological polar surface area (TPSA) is 79.0 Å². The molecule has 4 rings (SSSR count). The summed E-state index contributed by atoms with van der Waals surface area (Å²) in [4.78, 5) is 31.8. The van der Waals surface area contributed by atoms with Crippen LogP contribution in [0.4, 0.5) is 0 Å². The molecule has 1 atom stereocenters. The minimum Gasteiger partial charge on any atom is -0.337 e. The number of piperidine rings is 1. The van der Waals surface area contributed by atoms with Crippen LogP contribution in [0.5, 0.6) is 0 Å². The standard InChI is InChI=1S/C21H18N4O2/c22-12-15-5-3-6-16(11-15)20(26)24-10-4-7-17(13-24)25-14-23-19-9-2-1-8-18(19)21(25)27/h1-3,5-6,8-9,11,14,17H,4,7,10,13H2. The van der Waals surface area contributed by atoms with E-state index in [1.165, 1.54) is 0 Å². The number of amides is 1. The molecule has 1 aliphatic rings. The van der Waals surface area contributed by atoms with Crippen molar-refractivity contribution in [3.8, 4) is 6.07 Å². The van der Waals surface area contributed by atoms with Crippen molar-refractivity contribution in [2.24, 2.45) is 0 Å². The first-order valence-corrected chi connectivity index (χ1v) is 8.92. The highest BCUT2D eigenvalue weighted by Gasteiger charge is 2.26. The van der Waals surface area contributed by atoms with Crippen molar-refractivity contribution in [3.63, 3.8) is 0 Å². The molecule has 6 heteroatoms. The number of nitriles is 1. The van der Waals surface area contributed by atoms with Crippen LogP contribution in [-0.2, 0) is 0 Å². The van der Waals surface area contributed by atoms with Crippen LogP contribution in [-0.4, -0.2) is 33.4 Å². The van der Waals surface area contributed by atoms with Gasteiger partial charge >= 0.3 is 0 Å². The molecule has 2 aromatic carbocycles. The molecule has 134 valence electrons. The first-order chi connectivity index (χ1) is 13.2. The van der Waals surface area contributed by atoms with Gasteiger partial charge in [-0.25, -0.2) is 4.98 Å². The fourth-order valence-electron chi connectivity index (χ4n) is 3.61. The Labute approximate surface area is 156 Å². The van der Waals surface area contributed by atoms with Gasteiger partial charge in [-0.3, -0.25) is 14.2 Å². The number of hydrogen-bond donors (Lipinski definition) is 0. The van der Waals surface area contributed by atoms with E-state index in [2.05, 4.69) is 11.1 Å². The van der Waals surface area contributed by atoms with Crippen molar-refractivity contribution >= 4 is 16.8 Å². The Bertz CT molecular complexity index is 1110. The van der Waals surface area contributed by atoms with Crippen LogP contribution in [0.2, 0.25) is 0 Å². The monoisotopic (exact) mass is 358 g/mol. The lowest BCUT2D eigenvalue weighted by molar-refractivity contribution is 0.0677. The normalized spacial score (nSPS) is 16.9. The zero-order chi connectivity index (χ0) is 18.8. The van der Waals surface area contributed by atoms with Gasteiger partial charge in [0.2, 0.25) is 0 Å². The van der Waals surface area contributed by atoms with Crippen molar-refractivity contribution in [2.45, 2.75) is 18.9 Å². The lowest BCUT2D eigenvalue weighted by atomic mass is 10.0. The number of para-hydroxylation sites is 1. The van der Waals surface area contributed by atoms with Crippen molar-refractivity contribution < 1.29 is 4.79 Å². The van der Waals surface area contributed by atoms with Gasteiger partial charge in [0.15, 0.2) is 0 Å². The van der Waals surface area contributed by atoms with Crippen LogP contribution in [0.15, 0.2) is 59.7 Å². The molecule has 3 aromatic rings. The van der Waals surface area contributed by atoms with Gasteiger partial charge < -0.3 is 4.90 Å². The number of carbonyl (C=O) groups is 1. The minimum absolute atomic E-state index is 0.0774. The summed E-state index contributed by atoms with van der Waals surface area (Å²) >= 11 is 0. The third kappa shape index (κ3) is 3.20. The van der Waals surface area contributed by atoms with Crippen molar-refractivity contribution in [3.05, 3.63) is 76.3 Å². The summed E-state index contributed by atoms with van der Waals surface area (Å²) in [5.41, 5.74) is 1.56. The van der Waals surface area contributed by atoms with Crippen molar-refractivity contribution in [1.82, 2.24) is 14.5 Å². The molecule has 0 spiro atoms. The highest BCUT2D eigenvalue weighted by atomic mass is 16.2. The van der Waals surface area contributed by atoms with Gasteiger partial charge in [0.25, 0.3) is 11.5 Å². The van der Waals surface area contributed by atoms with Gasteiger partial charge in [-0.05, 0) is 43.2 Å². The van der Waals surface area contributed by atoms with Crippen LogP contribution in [0.3, 0.4) is 0 Å². The first-order valence-electron chi connectivity index (χ1n) is 8.92. The van der Waals surface area contributed by atoms with Crippen LogP contribution in [0, 0.1) is 11.3 Å². The van der Waals surface area contributed by atoms with Crippen LogP contribution in [0.1, 0.15) is 34.8 Å². The fraction of sp³-hybridized carbons (Fsp3) is 0.238. The highest BCUT2D eigenvalue weighted by molar-refractivity contribution is 5.94. The number of benzene rings is 2. The summed E-state index contributed by atoms with van der Waals surface area (Å²) in [7, 11) is 0. The largest absolute Gasteiger partial charge is 0.337 e. The third-order valence-electron chi connectivity index (χ3n) is 5.01. The lowest BCUT2D eigenvalue weighted by Crippen LogP contribution is -2.43. The Morgan fingerprint density at radius 3 is 2.89 bits per heavy atom. The molecule has 0 bridgehead atoms. The molecule has 0 N–H and O–H groups in total. The van der Waals surface area contributed by atoms with Gasteiger partial charge in [0.1, 0.15) is 0 Å². The molecule has 1 aromatic heterocycles. The van der Waals surface area contributed by atoms with Crippen LogP contribution >= 0.6 is 0 Å². The second-order valence-electron chi connectivity index (χ2n) is 6.71. The molecule has 0 saturated carbocycles. The summed E-state index contributed by atoms with van der Waals surface area (Å²) in [5.74, 6) is -0.112. The number of nitrogens with zero attached hydrogens (tertiary/aromatic N) is 4. The molecule has 1 aliphatic heterocycles. The number of carbonyl (C=O) groups excluding carboxylic acids is 1. The first kappa shape index (κ1) is 17.0. The molecule has 27 heavy (non-hydrogen) atoms. The van der Waals surface area contributed by atoms with E-state index < -0.39 is 0 Å². The van der Waals surface area contributed by atoms with Gasteiger partial charge in [-0.1, -0.05) is 18.2 Å². The average Bonchev–Trinajstić information content (AvgIpc) is 2.74. The fourth-order valence-corrected chi connectivity index (χ4v) is 3.61. The maximum atomic E-state index is 12.9. The van der Waals surface area contributed by atoms with Crippen molar-refractivity contribution in [2.75, 3.05) is 13.1 Å². The van der Waals surface area contributed by atoms with Gasteiger partial charge in [-0.15, -0.1) is 0 Å². The average molecular weight is 358 g/mol. The Kier molecular flexibility index (Phi) is 4.43. The quantitative estimate of drug-likeness (QED) is 0.706. The molecular formula is C21H18N4O2. The Morgan fingerprint density at radius 1 is 1.19 bits per heavy atom. The van der Waals surface area contributed by atoms with E-state index in [4.69, 9.17) is 5.26 Å². The predicted molar refractivity (Wildman–Crippen MR) is 101 cm³/mol. The number of fused-ring (bicyclic) bond motifs is 1. The number of aromatic nitrogens is 2. The summed E-state index contributed by atoms with van der Waals surface area (Å²) in [5, 5.41) is 9.63. The lowest BCUT2D eigenvalue weighted by Gasteiger charge is -2.33. The Balaban J connectivity index is 1.62. The summed E-state index contributed by atoms with van der Waals surface area (Å²) in [6.07, 6.45) is 3.22. The smallest absolute Gasteiger partial charge is 0.261 e. The van der Waals surface area contributed by atoms with Crippen LogP contribution in [0.25, 0.3) is 10.9 Å². The van der Waals surface area contributed by atoms with Gasteiger partial charge in [0.05, 0.1) is 34.9 Å². The van der Waals surface area contributed by atoms with Crippen LogP contribution < -0.4 is 5.56 Å². The SMILES string of the molecule is N#Cc1cccc(C(=O)N2CCCC(n3cnc4ccccc4c3=O)C2)c1. The maximum Gasteiger partial charge on any atom is 0.261 e. The summed E-state index contributed by atoms with van der Waals surface area (Å²) in [6.45, 7) is 1.09. The van der Waals surface area contributed by atoms with Crippen molar-refractivity contribution in [1.29, 1.82) is 5.26 Å². The van der Waals surface area contributed by atoms with E-state index in [0.717, 1.165) is 12.8 Å². The molecule has 1 saturated heterocycles. The third-order valence-corrected chi connectivity index (χ3v) is 5.01.